The summed E-state index contributed by atoms with van der Waals surface area (Å²) in [6.45, 7) is 8.17. The molecule has 0 spiro atoms. The van der Waals surface area contributed by atoms with Crippen molar-refractivity contribution in [1.29, 1.82) is 0 Å². The molecule has 1 aliphatic rings. The minimum absolute atomic E-state index is 0.0377. The van der Waals surface area contributed by atoms with Crippen molar-refractivity contribution in [2.45, 2.75) is 39.2 Å². The van der Waals surface area contributed by atoms with Crippen LogP contribution in [0.25, 0.3) is 0 Å². The molecule has 0 radical (unpaired) electrons. The van der Waals surface area contributed by atoms with Crippen LogP contribution in [0.1, 0.15) is 33.6 Å². The second-order valence-corrected chi connectivity index (χ2v) is 9.81. The number of nitrogens with zero attached hydrogens (tertiary/aromatic N) is 2. The van der Waals surface area contributed by atoms with Crippen molar-refractivity contribution in [3.63, 3.8) is 0 Å². The van der Waals surface area contributed by atoms with E-state index in [1.54, 1.807) is 19.1 Å². The van der Waals surface area contributed by atoms with Gasteiger partial charge in [-0.3, -0.25) is 0 Å². The van der Waals surface area contributed by atoms with Gasteiger partial charge in [-0.1, -0.05) is 0 Å². The van der Waals surface area contributed by atoms with E-state index >= 15 is 0 Å². The van der Waals surface area contributed by atoms with Crippen LogP contribution in [-0.4, -0.2) is 88.7 Å². The number of rotatable bonds is 9. The molecule has 0 bridgehead atoms. The predicted molar refractivity (Wildman–Crippen MR) is 99.6 cm³/mol. The SMILES string of the molecule is COCCOCCS(=O)(=O)N(C)CC1CCN(C(=O)OC(C)(C)C)CC1. The Morgan fingerprint density at radius 2 is 1.77 bits per heavy atom. The van der Waals surface area contributed by atoms with E-state index in [0.717, 1.165) is 12.8 Å². The lowest BCUT2D eigenvalue weighted by Gasteiger charge is -2.34. The fourth-order valence-electron chi connectivity index (χ4n) is 2.67. The second-order valence-electron chi connectivity index (χ2n) is 7.61. The quantitative estimate of drug-likeness (QED) is 0.552. The summed E-state index contributed by atoms with van der Waals surface area (Å²) in [5, 5.41) is 0. The Morgan fingerprint density at radius 1 is 1.15 bits per heavy atom. The number of piperidine rings is 1. The Kier molecular flexibility index (Phi) is 9.29. The molecule has 1 rings (SSSR count). The van der Waals surface area contributed by atoms with E-state index in [0.29, 0.717) is 32.8 Å². The maximum atomic E-state index is 12.3. The minimum atomic E-state index is -3.34. The number of carbonyl (C=O) groups is 1. The molecule has 1 amide bonds. The summed E-state index contributed by atoms with van der Waals surface area (Å²) in [6, 6.07) is 0. The van der Waals surface area contributed by atoms with Crippen molar-refractivity contribution in [3.05, 3.63) is 0 Å². The van der Waals surface area contributed by atoms with Crippen LogP contribution in [0, 0.1) is 5.92 Å². The third-order valence-corrected chi connectivity index (χ3v) is 5.96. The molecule has 1 heterocycles. The van der Waals surface area contributed by atoms with Gasteiger partial charge in [0.15, 0.2) is 0 Å². The van der Waals surface area contributed by atoms with Gasteiger partial charge in [0, 0.05) is 33.8 Å². The highest BCUT2D eigenvalue weighted by atomic mass is 32.2. The van der Waals surface area contributed by atoms with Crippen LogP contribution >= 0.6 is 0 Å². The summed E-state index contributed by atoms with van der Waals surface area (Å²) in [7, 11) is -0.165. The number of hydrogen-bond acceptors (Lipinski definition) is 6. The van der Waals surface area contributed by atoms with E-state index in [2.05, 4.69) is 0 Å². The molecule has 0 unspecified atom stereocenters. The highest BCUT2D eigenvalue weighted by molar-refractivity contribution is 7.89. The van der Waals surface area contributed by atoms with Crippen LogP contribution in [0.4, 0.5) is 4.79 Å². The van der Waals surface area contributed by atoms with E-state index in [1.807, 2.05) is 20.8 Å². The average Bonchev–Trinajstić information content (AvgIpc) is 2.53. The summed E-state index contributed by atoms with van der Waals surface area (Å²) < 4.78 is 41.5. The highest BCUT2D eigenvalue weighted by Crippen LogP contribution is 2.21. The van der Waals surface area contributed by atoms with Gasteiger partial charge < -0.3 is 19.1 Å². The summed E-state index contributed by atoms with van der Waals surface area (Å²) in [5.74, 6) is 0.201. The molecule has 0 N–H and O–H groups in total. The van der Waals surface area contributed by atoms with E-state index in [9.17, 15) is 13.2 Å². The smallest absolute Gasteiger partial charge is 0.410 e. The molecule has 8 nitrogen and oxygen atoms in total. The number of sulfonamides is 1. The van der Waals surface area contributed by atoms with Gasteiger partial charge >= 0.3 is 6.09 Å². The number of amides is 1. The van der Waals surface area contributed by atoms with E-state index in [4.69, 9.17) is 14.2 Å². The zero-order valence-corrected chi connectivity index (χ0v) is 17.5. The fourth-order valence-corrected chi connectivity index (χ4v) is 3.74. The minimum Gasteiger partial charge on any atom is -0.444 e. The van der Waals surface area contributed by atoms with Gasteiger partial charge in [0.25, 0.3) is 0 Å². The molecule has 1 aliphatic heterocycles. The molecule has 154 valence electrons. The molecule has 0 atom stereocenters. The van der Waals surface area contributed by atoms with Crippen LogP contribution in [0.3, 0.4) is 0 Å². The summed E-state index contributed by atoms with van der Waals surface area (Å²) in [6.07, 6.45) is 1.23. The van der Waals surface area contributed by atoms with Crippen molar-refractivity contribution < 1.29 is 27.4 Å². The molecule has 0 aromatic rings. The maximum absolute atomic E-state index is 12.3. The number of carbonyl (C=O) groups excluding carboxylic acids is 1. The molecule has 1 fully saturated rings. The number of methoxy groups -OCH3 is 1. The Balaban J connectivity index is 2.35. The van der Waals surface area contributed by atoms with Gasteiger partial charge in [0.1, 0.15) is 5.60 Å². The highest BCUT2D eigenvalue weighted by Gasteiger charge is 2.29. The molecular formula is C17H34N2O6S. The van der Waals surface area contributed by atoms with Crippen LogP contribution in [0.15, 0.2) is 0 Å². The largest absolute Gasteiger partial charge is 0.444 e. The third-order valence-electron chi connectivity index (χ3n) is 4.17. The van der Waals surface area contributed by atoms with Gasteiger partial charge in [-0.05, 0) is 39.5 Å². The third kappa shape index (κ3) is 8.66. The van der Waals surface area contributed by atoms with Gasteiger partial charge in [-0.15, -0.1) is 0 Å². The van der Waals surface area contributed by atoms with Crippen LogP contribution < -0.4 is 0 Å². The van der Waals surface area contributed by atoms with Gasteiger partial charge in [-0.2, -0.15) is 0 Å². The zero-order chi connectivity index (χ0) is 19.8. The lowest BCUT2D eigenvalue weighted by Crippen LogP contribution is -2.44. The number of ether oxygens (including phenoxy) is 3. The van der Waals surface area contributed by atoms with Crippen LogP contribution in [-0.2, 0) is 24.2 Å². The summed E-state index contributed by atoms with van der Waals surface area (Å²) in [4.78, 5) is 13.8. The molecule has 0 aromatic carbocycles. The topological polar surface area (TPSA) is 85.4 Å². The molecule has 0 aromatic heterocycles. The van der Waals surface area contributed by atoms with Crippen molar-refractivity contribution in [2.24, 2.45) is 5.92 Å². The number of likely N-dealkylation sites (tertiary alicyclic amines) is 1. The fraction of sp³-hybridized carbons (Fsp3) is 0.941. The van der Waals surface area contributed by atoms with E-state index < -0.39 is 15.6 Å². The van der Waals surface area contributed by atoms with E-state index in [1.165, 1.54) is 4.31 Å². The Morgan fingerprint density at radius 3 is 2.31 bits per heavy atom. The standard InChI is InChI=1S/C17H34N2O6S/c1-17(2,3)25-16(20)19-8-6-15(7-9-19)14-18(4)26(21,22)13-12-24-11-10-23-5/h15H,6-14H2,1-5H3. The van der Waals surface area contributed by atoms with Crippen molar-refractivity contribution in [3.8, 4) is 0 Å². The van der Waals surface area contributed by atoms with Crippen LogP contribution in [0.2, 0.25) is 0 Å². The summed E-state index contributed by atoms with van der Waals surface area (Å²) in [5.41, 5.74) is -0.506. The lowest BCUT2D eigenvalue weighted by molar-refractivity contribution is 0.0179. The second kappa shape index (κ2) is 10.4. The maximum Gasteiger partial charge on any atom is 0.410 e. The first-order chi connectivity index (χ1) is 12.0. The number of hydrogen-bond donors (Lipinski definition) is 0. The first-order valence-electron chi connectivity index (χ1n) is 9.04. The average molecular weight is 395 g/mol. The Hall–Kier alpha value is -0.900. The van der Waals surface area contributed by atoms with Crippen molar-refractivity contribution in [1.82, 2.24) is 9.21 Å². The van der Waals surface area contributed by atoms with Gasteiger partial charge in [-0.25, -0.2) is 17.5 Å². The molecule has 9 heteroatoms. The van der Waals surface area contributed by atoms with Gasteiger partial charge in [0.05, 0.1) is 25.6 Å². The van der Waals surface area contributed by atoms with Crippen molar-refractivity contribution in [2.75, 3.05) is 59.4 Å². The molecule has 0 saturated carbocycles. The predicted octanol–water partition coefficient (Wildman–Crippen LogP) is 1.56. The molecule has 26 heavy (non-hydrogen) atoms. The van der Waals surface area contributed by atoms with Crippen LogP contribution in [0.5, 0.6) is 0 Å². The van der Waals surface area contributed by atoms with E-state index in [-0.39, 0.29) is 24.4 Å². The summed E-state index contributed by atoms with van der Waals surface area (Å²) >= 11 is 0. The monoisotopic (exact) mass is 394 g/mol. The first-order valence-corrected chi connectivity index (χ1v) is 10.6. The normalized spacial score (nSPS) is 16.9. The van der Waals surface area contributed by atoms with Gasteiger partial charge in [0.2, 0.25) is 10.0 Å². The molecular weight excluding hydrogens is 360 g/mol. The lowest BCUT2D eigenvalue weighted by atomic mass is 9.97. The first kappa shape index (κ1) is 23.1. The Bertz CT molecular complexity index is 524. The molecule has 0 aliphatic carbocycles. The Labute approximate surface area is 157 Å². The molecule has 1 saturated heterocycles. The zero-order valence-electron chi connectivity index (χ0n) is 16.7. The van der Waals surface area contributed by atoms with Crippen molar-refractivity contribution >= 4 is 16.1 Å².